The van der Waals surface area contributed by atoms with E-state index in [2.05, 4.69) is 62.6 Å². The van der Waals surface area contributed by atoms with Crippen molar-refractivity contribution in [1.82, 2.24) is 9.55 Å². The Hall–Kier alpha value is -0.990. The predicted octanol–water partition coefficient (Wildman–Crippen LogP) is 4.42. The van der Waals surface area contributed by atoms with E-state index in [1.165, 1.54) is 44.2 Å². The molecule has 1 aromatic rings. The van der Waals surface area contributed by atoms with E-state index in [9.17, 15) is 0 Å². The Labute approximate surface area is 125 Å². The molecular formula is C17H33N3. The standard InChI is InChI=1S/C17H33N3/c1-7-9-10-11-12-17(3,8-2)13-15-14-18-16(19(4)5)20(15)6/h14H,7-13H2,1-6H3. The second kappa shape index (κ2) is 7.70. The molecule has 20 heavy (non-hydrogen) atoms. The summed E-state index contributed by atoms with van der Waals surface area (Å²) in [5.41, 5.74) is 1.76. The van der Waals surface area contributed by atoms with Gasteiger partial charge in [-0.25, -0.2) is 4.98 Å². The van der Waals surface area contributed by atoms with Gasteiger partial charge in [-0.1, -0.05) is 52.9 Å². The van der Waals surface area contributed by atoms with Crippen LogP contribution >= 0.6 is 0 Å². The monoisotopic (exact) mass is 279 g/mol. The molecule has 0 saturated carbocycles. The number of rotatable bonds is 9. The van der Waals surface area contributed by atoms with Crippen molar-refractivity contribution in [2.75, 3.05) is 19.0 Å². The van der Waals surface area contributed by atoms with Crippen LogP contribution in [0.5, 0.6) is 0 Å². The van der Waals surface area contributed by atoms with E-state index in [-0.39, 0.29) is 0 Å². The molecule has 0 saturated heterocycles. The average molecular weight is 279 g/mol. The molecule has 3 nitrogen and oxygen atoms in total. The summed E-state index contributed by atoms with van der Waals surface area (Å²) in [7, 11) is 6.23. The van der Waals surface area contributed by atoms with E-state index >= 15 is 0 Å². The minimum absolute atomic E-state index is 0.408. The highest BCUT2D eigenvalue weighted by atomic mass is 15.3. The van der Waals surface area contributed by atoms with E-state index < -0.39 is 0 Å². The van der Waals surface area contributed by atoms with Gasteiger partial charge in [0.2, 0.25) is 5.95 Å². The molecular weight excluding hydrogens is 246 g/mol. The zero-order valence-electron chi connectivity index (χ0n) is 14.4. The molecule has 116 valence electrons. The number of nitrogens with zero attached hydrogens (tertiary/aromatic N) is 3. The first-order chi connectivity index (χ1) is 9.43. The first-order valence-electron chi connectivity index (χ1n) is 8.11. The summed E-state index contributed by atoms with van der Waals surface area (Å²) in [6, 6.07) is 0. The normalized spacial score (nSPS) is 14.3. The van der Waals surface area contributed by atoms with Crippen molar-refractivity contribution in [2.45, 2.75) is 65.7 Å². The summed E-state index contributed by atoms with van der Waals surface area (Å²) < 4.78 is 2.24. The molecule has 1 heterocycles. The molecule has 0 aromatic carbocycles. The van der Waals surface area contributed by atoms with E-state index in [1.54, 1.807) is 0 Å². The molecule has 1 aromatic heterocycles. The Kier molecular flexibility index (Phi) is 6.57. The maximum atomic E-state index is 4.53. The fourth-order valence-electron chi connectivity index (χ4n) is 2.82. The van der Waals surface area contributed by atoms with Crippen LogP contribution in [-0.4, -0.2) is 23.6 Å². The topological polar surface area (TPSA) is 21.1 Å². The zero-order chi connectivity index (χ0) is 15.2. The average Bonchev–Trinajstić information content (AvgIpc) is 2.76. The molecule has 0 fully saturated rings. The minimum Gasteiger partial charge on any atom is -0.348 e. The number of unbranched alkanes of at least 4 members (excludes halogenated alkanes) is 3. The van der Waals surface area contributed by atoms with Crippen molar-refractivity contribution in [3.8, 4) is 0 Å². The molecule has 1 atom stereocenters. The highest BCUT2D eigenvalue weighted by Crippen LogP contribution is 2.33. The van der Waals surface area contributed by atoms with Crippen LogP contribution in [-0.2, 0) is 13.5 Å². The maximum Gasteiger partial charge on any atom is 0.204 e. The smallest absolute Gasteiger partial charge is 0.204 e. The van der Waals surface area contributed by atoms with Gasteiger partial charge >= 0.3 is 0 Å². The first kappa shape index (κ1) is 17.1. The van der Waals surface area contributed by atoms with Gasteiger partial charge < -0.3 is 9.47 Å². The largest absolute Gasteiger partial charge is 0.348 e. The van der Waals surface area contributed by atoms with Crippen LogP contribution in [0.2, 0.25) is 0 Å². The number of anilines is 1. The van der Waals surface area contributed by atoms with E-state index in [1.807, 2.05) is 0 Å². The van der Waals surface area contributed by atoms with Crippen molar-refractivity contribution >= 4 is 5.95 Å². The van der Waals surface area contributed by atoms with E-state index in [4.69, 9.17) is 0 Å². The third-order valence-electron chi connectivity index (χ3n) is 4.56. The van der Waals surface area contributed by atoms with Gasteiger partial charge in [-0.05, 0) is 18.3 Å². The Morgan fingerprint density at radius 3 is 2.40 bits per heavy atom. The Balaban J connectivity index is 2.67. The van der Waals surface area contributed by atoms with E-state index in [0.29, 0.717) is 5.41 Å². The quantitative estimate of drug-likeness (QED) is 0.624. The van der Waals surface area contributed by atoms with Gasteiger partial charge in [0.1, 0.15) is 0 Å². The molecule has 0 amide bonds. The molecule has 1 rings (SSSR count). The molecule has 3 heteroatoms. The summed E-state index contributed by atoms with van der Waals surface area (Å²) in [6.07, 6.45) is 11.2. The SMILES string of the molecule is CCCCCCC(C)(CC)Cc1cnc(N(C)C)n1C. The van der Waals surface area contributed by atoms with Crippen LogP contribution in [0.3, 0.4) is 0 Å². The molecule has 0 aliphatic carbocycles. The van der Waals surface area contributed by atoms with Crippen molar-refractivity contribution in [2.24, 2.45) is 12.5 Å². The van der Waals surface area contributed by atoms with Crippen molar-refractivity contribution in [3.05, 3.63) is 11.9 Å². The third-order valence-corrected chi connectivity index (χ3v) is 4.56. The van der Waals surface area contributed by atoms with Gasteiger partial charge in [0.05, 0.1) is 6.20 Å². The van der Waals surface area contributed by atoms with Gasteiger partial charge in [0.25, 0.3) is 0 Å². The summed E-state index contributed by atoms with van der Waals surface area (Å²) in [5.74, 6) is 1.05. The highest BCUT2D eigenvalue weighted by molar-refractivity contribution is 5.31. The summed E-state index contributed by atoms with van der Waals surface area (Å²) in [4.78, 5) is 6.61. The lowest BCUT2D eigenvalue weighted by Gasteiger charge is -2.28. The summed E-state index contributed by atoms with van der Waals surface area (Å²) in [5, 5.41) is 0. The molecule has 1 unspecified atom stereocenters. The second-order valence-corrected chi connectivity index (χ2v) is 6.65. The van der Waals surface area contributed by atoms with Gasteiger partial charge in [0.15, 0.2) is 0 Å². The molecule has 0 aliphatic heterocycles. The predicted molar refractivity (Wildman–Crippen MR) is 88.4 cm³/mol. The van der Waals surface area contributed by atoms with Crippen LogP contribution in [0.25, 0.3) is 0 Å². The minimum atomic E-state index is 0.408. The van der Waals surface area contributed by atoms with Gasteiger partial charge in [-0.15, -0.1) is 0 Å². The first-order valence-corrected chi connectivity index (χ1v) is 8.11. The van der Waals surface area contributed by atoms with Crippen LogP contribution in [0.1, 0.15) is 65.0 Å². The van der Waals surface area contributed by atoms with Crippen LogP contribution in [0, 0.1) is 5.41 Å². The molecule has 0 N–H and O–H groups in total. The van der Waals surface area contributed by atoms with Crippen LogP contribution in [0.15, 0.2) is 6.20 Å². The number of aromatic nitrogens is 2. The van der Waals surface area contributed by atoms with E-state index in [0.717, 1.165) is 12.4 Å². The Morgan fingerprint density at radius 2 is 1.90 bits per heavy atom. The van der Waals surface area contributed by atoms with Crippen molar-refractivity contribution < 1.29 is 0 Å². The summed E-state index contributed by atoms with van der Waals surface area (Å²) in [6.45, 7) is 7.03. The lowest BCUT2D eigenvalue weighted by Crippen LogP contribution is -2.21. The molecule has 0 bridgehead atoms. The lowest BCUT2D eigenvalue weighted by atomic mass is 9.78. The fourth-order valence-corrected chi connectivity index (χ4v) is 2.82. The molecule has 0 spiro atoms. The van der Waals surface area contributed by atoms with Gasteiger partial charge in [-0.2, -0.15) is 0 Å². The zero-order valence-corrected chi connectivity index (χ0v) is 14.4. The Bertz CT molecular complexity index is 395. The Morgan fingerprint density at radius 1 is 1.20 bits per heavy atom. The third kappa shape index (κ3) is 4.53. The van der Waals surface area contributed by atoms with Gasteiger partial charge in [0, 0.05) is 26.8 Å². The van der Waals surface area contributed by atoms with Crippen molar-refractivity contribution in [3.63, 3.8) is 0 Å². The van der Waals surface area contributed by atoms with Crippen LogP contribution in [0.4, 0.5) is 5.95 Å². The molecule has 0 aliphatic rings. The second-order valence-electron chi connectivity index (χ2n) is 6.65. The number of hydrogen-bond acceptors (Lipinski definition) is 2. The summed E-state index contributed by atoms with van der Waals surface area (Å²) >= 11 is 0. The van der Waals surface area contributed by atoms with Crippen LogP contribution < -0.4 is 4.90 Å². The number of imidazole rings is 1. The number of hydrogen-bond donors (Lipinski definition) is 0. The van der Waals surface area contributed by atoms with Gasteiger partial charge in [-0.3, -0.25) is 0 Å². The lowest BCUT2D eigenvalue weighted by molar-refractivity contribution is 0.266. The fraction of sp³-hybridized carbons (Fsp3) is 0.824. The molecule has 0 radical (unpaired) electrons. The maximum absolute atomic E-state index is 4.53. The van der Waals surface area contributed by atoms with Crippen molar-refractivity contribution in [1.29, 1.82) is 0 Å². The highest BCUT2D eigenvalue weighted by Gasteiger charge is 2.24.